The Morgan fingerprint density at radius 2 is 1.93 bits per heavy atom. The molecule has 144 valence electrons. The van der Waals surface area contributed by atoms with Gasteiger partial charge in [-0.05, 0) is 30.4 Å². The molecule has 0 unspecified atom stereocenters. The number of fused-ring (bicyclic) bond motifs is 1. The molecule has 1 aromatic carbocycles. The van der Waals surface area contributed by atoms with E-state index in [9.17, 15) is 14.4 Å². The largest absolute Gasteiger partial charge is 0.456 e. The van der Waals surface area contributed by atoms with Crippen LogP contribution in [-0.4, -0.2) is 46.4 Å². The highest BCUT2D eigenvalue weighted by Crippen LogP contribution is 2.20. The molecule has 1 saturated heterocycles. The molecule has 1 fully saturated rings. The van der Waals surface area contributed by atoms with Crippen LogP contribution in [0.1, 0.15) is 32.5 Å². The number of amides is 1. The quantitative estimate of drug-likeness (QED) is 0.811. The summed E-state index contributed by atoms with van der Waals surface area (Å²) in [5, 5.41) is 0.513. The molecule has 1 N–H and O–H groups in total. The molecule has 2 atom stereocenters. The van der Waals surface area contributed by atoms with Gasteiger partial charge in [0.1, 0.15) is 5.82 Å². The maximum Gasteiger partial charge on any atom is 0.306 e. The zero-order valence-electron chi connectivity index (χ0n) is 15.7. The average molecular weight is 371 g/mol. The maximum absolute atomic E-state index is 12.2. The Kier molecular flexibility index (Phi) is 5.88. The summed E-state index contributed by atoms with van der Waals surface area (Å²) in [6.45, 7) is 5.43. The lowest BCUT2D eigenvalue weighted by Gasteiger charge is -2.34. The number of aromatic nitrogens is 2. The van der Waals surface area contributed by atoms with Crippen LogP contribution < -0.4 is 5.56 Å². The summed E-state index contributed by atoms with van der Waals surface area (Å²) in [6, 6.07) is 7.04. The first-order valence-electron chi connectivity index (χ1n) is 9.33. The Morgan fingerprint density at radius 3 is 2.67 bits per heavy atom. The smallest absolute Gasteiger partial charge is 0.306 e. The van der Waals surface area contributed by atoms with Crippen molar-refractivity contribution in [2.75, 3.05) is 19.7 Å². The molecule has 27 heavy (non-hydrogen) atoms. The van der Waals surface area contributed by atoms with Crippen molar-refractivity contribution in [1.29, 1.82) is 0 Å². The van der Waals surface area contributed by atoms with Gasteiger partial charge in [-0.25, -0.2) is 4.98 Å². The summed E-state index contributed by atoms with van der Waals surface area (Å²) in [6.07, 6.45) is 1.42. The third-order valence-corrected chi connectivity index (χ3v) is 4.81. The predicted molar refractivity (Wildman–Crippen MR) is 101 cm³/mol. The van der Waals surface area contributed by atoms with Gasteiger partial charge < -0.3 is 14.6 Å². The molecule has 3 rings (SSSR count). The minimum absolute atomic E-state index is 0.0569. The van der Waals surface area contributed by atoms with E-state index >= 15 is 0 Å². The summed E-state index contributed by atoms with van der Waals surface area (Å²) < 4.78 is 5.12. The summed E-state index contributed by atoms with van der Waals surface area (Å²) >= 11 is 0. The highest BCUT2D eigenvalue weighted by atomic mass is 16.5. The van der Waals surface area contributed by atoms with Gasteiger partial charge in [-0.3, -0.25) is 14.4 Å². The highest BCUT2D eigenvalue weighted by Gasteiger charge is 2.25. The second-order valence-electron chi connectivity index (χ2n) is 7.44. The summed E-state index contributed by atoms with van der Waals surface area (Å²) in [7, 11) is 0. The van der Waals surface area contributed by atoms with Crippen molar-refractivity contribution in [1.82, 2.24) is 14.9 Å². The van der Waals surface area contributed by atoms with Crippen LogP contribution in [-0.2, 0) is 20.7 Å². The SMILES string of the molecule is C[C@@H]1C[C@H](C)CN(C(=O)COC(=O)CCc2nc3ccccc3c(=O)[nH]2)C1. The molecule has 1 amide bonds. The van der Waals surface area contributed by atoms with Crippen molar-refractivity contribution in [3.8, 4) is 0 Å². The van der Waals surface area contributed by atoms with E-state index in [1.54, 1.807) is 29.2 Å². The van der Waals surface area contributed by atoms with Crippen LogP contribution in [0.3, 0.4) is 0 Å². The lowest BCUT2D eigenvalue weighted by molar-refractivity contribution is -0.153. The van der Waals surface area contributed by atoms with Crippen LogP contribution in [0.25, 0.3) is 10.9 Å². The van der Waals surface area contributed by atoms with E-state index in [2.05, 4.69) is 23.8 Å². The number of esters is 1. The number of hydrogen-bond donors (Lipinski definition) is 1. The van der Waals surface area contributed by atoms with Gasteiger partial charge in [0.25, 0.3) is 11.5 Å². The fourth-order valence-corrected chi connectivity index (χ4v) is 3.65. The number of H-pyrrole nitrogens is 1. The van der Waals surface area contributed by atoms with Gasteiger partial charge in [-0.2, -0.15) is 0 Å². The topological polar surface area (TPSA) is 92.4 Å². The van der Waals surface area contributed by atoms with E-state index in [0.29, 0.717) is 41.7 Å². The first-order chi connectivity index (χ1) is 12.9. The molecule has 0 aliphatic carbocycles. The first kappa shape index (κ1) is 19.1. The summed E-state index contributed by atoms with van der Waals surface area (Å²) in [4.78, 5) is 45.1. The third kappa shape index (κ3) is 4.93. The second-order valence-corrected chi connectivity index (χ2v) is 7.44. The number of carbonyl (C=O) groups is 2. The van der Waals surface area contributed by atoms with Crippen LogP contribution in [0.5, 0.6) is 0 Å². The lowest BCUT2D eigenvalue weighted by Crippen LogP contribution is -2.44. The van der Waals surface area contributed by atoms with E-state index in [4.69, 9.17) is 4.74 Å². The normalized spacial score (nSPS) is 19.9. The van der Waals surface area contributed by atoms with Gasteiger partial charge in [0.05, 0.1) is 17.3 Å². The molecule has 7 heteroatoms. The first-order valence-corrected chi connectivity index (χ1v) is 9.33. The molecule has 0 spiro atoms. The number of para-hydroxylation sites is 1. The van der Waals surface area contributed by atoms with Crippen molar-refractivity contribution >= 4 is 22.8 Å². The lowest BCUT2D eigenvalue weighted by atomic mass is 9.92. The molecule has 1 aromatic heterocycles. The van der Waals surface area contributed by atoms with Crippen molar-refractivity contribution < 1.29 is 14.3 Å². The van der Waals surface area contributed by atoms with Crippen molar-refractivity contribution in [2.24, 2.45) is 11.8 Å². The maximum atomic E-state index is 12.2. The van der Waals surface area contributed by atoms with Crippen molar-refractivity contribution in [2.45, 2.75) is 33.1 Å². The fourth-order valence-electron chi connectivity index (χ4n) is 3.65. The number of piperidine rings is 1. The molecule has 0 saturated carbocycles. The number of hydrogen-bond acceptors (Lipinski definition) is 5. The monoisotopic (exact) mass is 371 g/mol. The van der Waals surface area contributed by atoms with Crippen molar-refractivity contribution in [3.05, 3.63) is 40.4 Å². The van der Waals surface area contributed by atoms with Crippen LogP contribution in [0.2, 0.25) is 0 Å². The number of rotatable bonds is 5. The van der Waals surface area contributed by atoms with E-state index in [-0.39, 0.29) is 30.9 Å². The van der Waals surface area contributed by atoms with E-state index in [1.165, 1.54) is 0 Å². The van der Waals surface area contributed by atoms with E-state index in [1.807, 2.05) is 0 Å². The fraction of sp³-hybridized carbons (Fsp3) is 0.500. The summed E-state index contributed by atoms with van der Waals surface area (Å²) in [5.74, 6) is 0.727. The van der Waals surface area contributed by atoms with Crippen LogP contribution in [0.4, 0.5) is 0 Å². The molecule has 1 aliphatic rings. The number of ether oxygens (including phenoxy) is 1. The van der Waals surface area contributed by atoms with E-state index in [0.717, 1.165) is 6.42 Å². The number of aryl methyl sites for hydroxylation is 1. The molecular formula is C20H25N3O4. The zero-order chi connectivity index (χ0) is 19.4. The van der Waals surface area contributed by atoms with Crippen LogP contribution >= 0.6 is 0 Å². The molecule has 2 heterocycles. The van der Waals surface area contributed by atoms with Gasteiger partial charge in [-0.1, -0.05) is 26.0 Å². The van der Waals surface area contributed by atoms with E-state index < -0.39 is 5.97 Å². The number of nitrogens with one attached hydrogen (secondary N) is 1. The Bertz CT molecular complexity index is 882. The zero-order valence-corrected chi connectivity index (χ0v) is 15.7. The number of carbonyl (C=O) groups excluding carboxylic acids is 2. The Balaban J connectivity index is 1.50. The van der Waals surface area contributed by atoms with Gasteiger partial charge in [0, 0.05) is 19.5 Å². The number of nitrogens with zero attached hydrogens (tertiary/aromatic N) is 2. The van der Waals surface area contributed by atoms with Gasteiger partial charge in [-0.15, -0.1) is 0 Å². The summed E-state index contributed by atoms with van der Waals surface area (Å²) in [5.41, 5.74) is 0.362. The number of benzene rings is 1. The minimum atomic E-state index is -0.475. The standard InChI is InChI=1S/C20H25N3O4/c1-13-9-14(2)11-23(10-13)18(24)12-27-19(25)8-7-17-21-16-6-4-3-5-15(16)20(26)22-17/h3-6,13-14H,7-12H2,1-2H3,(H,21,22,26)/t13-,14+. The molecule has 0 radical (unpaired) electrons. The molecule has 0 bridgehead atoms. The molecule has 7 nitrogen and oxygen atoms in total. The Hall–Kier alpha value is -2.70. The second kappa shape index (κ2) is 8.33. The number of likely N-dealkylation sites (tertiary alicyclic amines) is 1. The Morgan fingerprint density at radius 1 is 1.22 bits per heavy atom. The van der Waals surface area contributed by atoms with Crippen LogP contribution in [0.15, 0.2) is 29.1 Å². The minimum Gasteiger partial charge on any atom is -0.456 e. The van der Waals surface area contributed by atoms with Gasteiger partial charge in [0.15, 0.2) is 6.61 Å². The molecular weight excluding hydrogens is 346 g/mol. The van der Waals surface area contributed by atoms with Crippen LogP contribution in [0, 0.1) is 11.8 Å². The Labute approximate surface area is 157 Å². The predicted octanol–water partition coefficient (Wildman–Crippen LogP) is 1.90. The highest BCUT2D eigenvalue weighted by molar-refractivity contribution is 5.81. The number of aromatic amines is 1. The van der Waals surface area contributed by atoms with Gasteiger partial charge >= 0.3 is 5.97 Å². The third-order valence-electron chi connectivity index (χ3n) is 4.81. The van der Waals surface area contributed by atoms with Gasteiger partial charge in [0.2, 0.25) is 0 Å². The van der Waals surface area contributed by atoms with Crippen molar-refractivity contribution in [3.63, 3.8) is 0 Å². The molecule has 1 aliphatic heterocycles. The average Bonchev–Trinajstić information content (AvgIpc) is 2.63. The molecule has 2 aromatic rings.